The van der Waals surface area contributed by atoms with Gasteiger partial charge in [0.1, 0.15) is 0 Å². The number of benzene rings is 2. The highest BCUT2D eigenvalue weighted by molar-refractivity contribution is 6.06. The van der Waals surface area contributed by atoms with Crippen LogP contribution in [0.25, 0.3) is 11.1 Å². The van der Waals surface area contributed by atoms with Gasteiger partial charge in [-0.15, -0.1) is 0 Å². The number of carbonyl (C=O) groups is 2. The number of rotatable bonds is 7. The van der Waals surface area contributed by atoms with Crippen LogP contribution in [-0.4, -0.2) is 24.9 Å². The fourth-order valence-electron chi connectivity index (χ4n) is 2.62. The van der Waals surface area contributed by atoms with Gasteiger partial charge in [0.25, 0.3) is 11.8 Å². The average molecular weight is 352 g/mol. The molecule has 138 valence electrons. The molecule has 0 bridgehead atoms. The van der Waals surface area contributed by atoms with Gasteiger partial charge in [0, 0.05) is 24.2 Å². The lowest BCUT2D eigenvalue weighted by atomic mass is 9.94. The van der Waals surface area contributed by atoms with Gasteiger partial charge < -0.3 is 10.6 Å². The summed E-state index contributed by atoms with van der Waals surface area (Å²) in [5.41, 5.74) is 2.70. The zero-order chi connectivity index (χ0) is 19.1. The van der Waals surface area contributed by atoms with Crippen molar-refractivity contribution in [3.05, 3.63) is 59.7 Å². The van der Waals surface area contributed by atoms with E-state index in [1.807, 2.05) is 36.4 Å². The fourth-order valence-corrected chi connectivity index (χ4v) is 2.62. The van der Waals surface area contributed by atoms with Crippen molar-refractivity contribution in [3.63, 3.8) is 0 Å². The second-order valence-corrected chi connectivity index (χ2v) is 7.30. The van der Waals surface area contributed by atoms with Crippen LogP contribution in [-0.2, 0) is 0 Å². The minimum absolute atomic E-state index is 0.119. The molecule has 0 fully saturated rings. The normalized spacial score (nSPS) is 10.8. The van der Waals surface area contributed by atoms with E-state index in [9.17, 15) is 9.59 Å². The van der Waals surface area contributed by atoms with Crippen LogP contribution in [0.4, 0.5) is 0 Å². The molecule has 26 heavy (non-hydrogen) atoms. The van der Waals surface area contributed by atoms with Crippen molar-refractivity contribution in [2.24, 2.45) is 11.8 Å². The molecular formula is C22H28N2O2. The Morgan fingerprint density at radius 3 is 1.38 bits per heavy atom. The molecular weight excluding hydrogens is 324 g/mol. The van der Waals surface area contributed by atoms with Gasteiger partial charge >= 0.3 is 0 Å². The Labute approximate surface area is 156 Å². The number of carbonyl (C=O) groups excluding carboxylic acids is 2. The highest BCUT2D eigenvalue weighted by Crippen LogP contribution is 2.27. The van der Waals surface area contributed by atoms with Crippen molar-refractivity contribution in [3.8, 4) is 11.1 Å². The Hall–Kier alpha value is -2.62. The van der Waals surface area contributed by atoms with Crippen LogP contribution >= 0.6 is 0 Å². The van der Waals surface area contributed by atoms with Gasteiger partial charge in [-0.3, -0.25) is 9.59 Å². The van der Waals surface area contributed by atoms with Crippen LogP contribution in [0.2, 0.25) is 0 Å². The van der Waals surface area contributed by atoms with Gasteiger partial charge in [-0.2, -0.15) is 0 Å². The lowest BCUT2D eigenvalue weighted by Crippen LogP contribution is -2.29. The standard InChI is InChI=1S/C22H28N2O2/c1-15(2)13-23-21(25)19-11-7-5-9-17(19)18-10-6-8-12-20(18)22(26)24-14-16(3)4/h5-12,15-16H,13-14H2,1-4H3,(H,23,25)(H,24,26). The van der Waals surface area contributed by atoms with E-state index in [1.165, 1.54) is 0 Å². The Morgan fingerprint density at radius 2 is 1.04 bits per heavy atom. The van der Waals surface area contributed by atoms with Crippen molar-refractivity contribution in [1.29, 1.82) is 0 Å². The van der Waals surface area contributed by atoms with E-state index in [2.05, 4.69) is 38.3 Å². The molecule has 0 saturated carbocycles. The predicted octanol–water partition coefficient (Wildman–Crippen LogP) is 4.13. The summed E-state index contributed by atoms with van der Waals surface area (Å²) in [7, 11) is 0. The molecule has 4 heteroatoms. The summed E-state index contributed by atoms with van der Waals surface area (Å²) in [5.74, 6) is 0.513. The van der Waals surface area contributed by atoms with Gasteiger partial charge in [0.2, 0.25) is 0 Å². The smallest absolute Gasteiger partial charge is 0.251 e. The summed E-state index contributed by atoms with van der Waals surface area (Å²) >= 11 is 0. The van der Waals surface area contributed by atoms with E-state index < -0.39 is 0 Å². The summed E-state index contributed by atoms with van der Waals surface area (Å²) in [5, 5.41) is 5.92. The third kappa shape index (κ3) is 5.19. The van der Waals surface area contributed by atoms with Gasteiger partial charge in [-0.05, 0) is 35.1 Å². The molecule has 0 spiro atoms. The second-order valence-electron chi connectivity index (χ2n) is 7.30. The summed E-state index contributed by atoms with van der Waals surface area (Å²) in [6.45, 7) is 9.45. The van der Waals surface area contributed by atoms with Crippen molar-refractivity contribution >= 4 is 11.8 Å². The fraction of sp³-hybridized carbons (Fsp3) is 0.364. The molecule has 2 amide bonds. The van der Waals surface area contributed by atoms with Crippen molar-refractivity contribution in [2.75, 3.05) is 13.1 Å². The van der Waals surface area contributed by atoms with E-state index in [4.69, 9.17) is 0 Å². The van der Waals surface area contributed by atoms with Crippen LogP contribution in [0.1, 0.15) is 48.4 Å². The highest BCUT2D eigenvalue weighted by Gasteiger charge is 2.18. The molecule has 0 aliphatic carbocycles. The molecule has 0 aromatic heterocycles. The molecule has 0 unspecified atom stereocenters. The Kier molecular flexibility index (Phi) is 6.96. The third-order valence-electron chi connectivity index (χ3n) is 3.98. The Balaban J connectivity index is 2.37. The maximum absolute atomic E-state index is 12.6. The highest BCUT2D eigenvalue weighted by atomic mass is 16.2. The first-order chi connectivity index (χ1) is 12.4. The maximum Gasteiger partial charge on any atom is 0.251 e. The summed E-state index contributed by atoms with van der Waals surface area (Å²) in [4.78, 5) is 25.3. The molecule has 0 saturated heterocycles. The second kappa shape index (κ2) is 9.18. The zero-order valence-electron chi connectivity index (χ0n) is 16.0. The average Bonchev–Trinajstić information content (AvgIpc) is 2.64. The maximum atomic E-state index is 12.6. The van der Waals surface area contributed by atoms with E-state index >= 15 is 0 Å². The summed E-state index contributed by atoms with van der Waals surface area (Å²) < 4.78 is 0. The van der Waals surface area contributed by atoms with Crippen LogP contribution < -0.4 is 10.6 Å². The lowest BCUT2D eigenvalue weighted by Gasteiger charge is -2.15. The van der Waals surface area contributed by atoms with Gasteiger partial charge in [-0.1, -0.05) is 64.1 Å². The number of hydrogen-bond acceptors (Lipinski definition) is 2. The zero-order valence-corrected chi connectivity index (χ0v) is 16.0. The first-order valence-corrected chi connectivity index (χ1v) is 9.15. The molecule has 0 atom stereocenters. The SMILES string of the molecule is CC(C)CNC(=O)c1ccccc1-c1ccccc1C(=O)NCC(C)C. The number of nitrogens with one attached hydrogen (secondary N) is 2. The monoisotopic (exact) mass is 352 g/mol. The molecule has 2 aromatic carbocycles. The molecule has 0 aliphatic rings. The van der Waals surface area contributed by atoms with Crippen LogP contribution in [0, 0.1) is 11.8 Å². The molecule has 0 heterocycles. The number of hydrogen-bond donors (Lipinski definition) is 2. The van der Waals surface area contributed by atoms with E-state index in [0.29, 0.717) is 36.1 Å². The van der Waals surface area contributed by atoms with E-state index in [0.717, 1.165) is 11.1 Å². The van der Waals surface area contributed by atoms with Gasteiger partial charge in [0.15, 0.2) is 0 Å². The van der Waals surface area contributed by atoms with Gasteiger partial charge in [-0.25, -0.2) is 0 Å². The quantitative estimate of drug-likeness (QED) is 0.787. The van der Waals surface area contributed by atoms with E-state index in [-0.39, 0.29) is 11.8 Å². The molecule has 2 aromatic rings. The minimum atomic E-state index is -0.119. The predicted molar refractivity (Wildman–Crippen MR) is 106 cm³/mol. The van der Waals surface area contributed by atoms with Crippen LogP contribution in [0.3, 0.4) is 0 Å². The number of amides is 2. The van der Waals surface area contributed by atoms with Crippen LogP contribution in [0.15, 0.2) is 48.5 Å². The minimum Gasteiger partial charge on any atom is -0.352 e. The first-order valence-electron chi connectivity index (χ1n) is 9.15. The van der Waals surface area contributed by atoms with E-state index in [1.54, 1.807) is 12.1 Å². The lowest BCUT2D eigenvalue weighted by molar-refractivity contribution is 0.0939. The molecule has 0 aliphatic heterocycles. The van der Waals surface area contributed by atoms with Crippen molar-refractivity contribution in [2.45, 2.75) is 27.7 Å². The molecule has 0 radical (unpaired) electrons. The topological polar surface area (TPSA) is 58.2 Å². The summed E-state index contributed by atoms with van der Waals surface area (Å²) in [6, 6.07) is 14.8. The van der Waals surface area contributed by atoms with Crippen molar-refractivity contribution in [1.82, 2.24) is 10.6 Å². The molecule has 2 N–H and O–H groups in total. The first kappa shape index (κ1) is 19.7. The van der Waals surface area contributed by atoms with Gasteiger partial charge in [0.05, 0.1) is 0 Å². The Morgan fingerprint density at radius 1 is 0.692 bits per heavy atom. The molecule has 2 rings (SSSR count). The summed E-state index contributed by atoms with van der Waals surface area (Å²) in [6.07, 6.45) is 0. The van der Waals surface area contributed by atoms with Crippen molar-refractivity contribution < 1.29 is 9.59 Å². The van der Waals surface area contributed by atoms with Crippen LogP contribution in [0.5, 0.6) is 0 Å². The third-order valence-corrected chi connectivity index (χ3v) is 3.98. The molecule has 4 nitrogen and oxygen atoms in total. The largest absolute Gasteiger partial charge is 0.352 e. The Bertz CT molecular complexity index is 701.